The quantitative estimate of drug-likeness (QED) is 0.806. The lowest BCUT2D eigenvalue weighted by atomic mass is 10.1. The highest BCUT2D eigenvalue weighted by Gasteiger charge is 2.23. The van der Waals surface area contributed by atoms with Crippen LogP contribution < -0.4 is 10.6 Å². The second-order valence-electron chi connectivity index (χ2n) is 4.33. The third-order valence-electron chi connectivity index (χ3n) is 3.09. The average molecular weight is 218 g/mol. The molecule has 1 unspecified atom stereocenters. The predicted octanol–water partition coefficient (Wildman–Crippen LogP) is 1.47. The van der Waals surface area contributed by atoms with E-state index < -0.39 is 0 Å². The van der Waals surface area contributed by atoms with E-state index in [2.05, 4.69) is 10.6 Å². The number of hydrogen-bond acceptors (Lipinski definition) is 2. The maximum atomic E-state index is 11.9. The van der Waals surface area contributed by atoms with Crippen LogP contribution in [0.3, 0.4) is 0 Å². The van der Waals surface area contributed by atoms with Gasteiger partial charge >= 0.3 is 0 Å². The predicted molar refractivity (Wildman–Crippen MR) is 64.0 cm³/mol. The molecule has 0 spiro atoms. The third kappa shape index (κ3) is 2.61. The molecule has 0 radical (unpaired) electrons. The van der Waals surface area contributed by atoms with Crippen molar-refractivity contribution in [1.82, 2.24) is 10.6 Å². The van der Waals surface area contributed by atoms with Crippen molar-refractivity contribution in [1.29, 1.82) is 0 Å². The monoisotopic (exact) mass is 218 g/mol. The second-order valence-corrected chi connectivity index (χ2v) is 4.33. The lowest BCUT2D eigenvalue weighted by molar-refractivity contribution is -0.125. The van der Waals surface area contributed by atoms with E-state index in [9.17, 15) is 4.79 Å². The van der Waals surface area contributed by atoms with Crippen molar-refractivity contribution in [2.24, 2.45) is 5.92 Å². The zero-order valence-electron chi connectivity index (χ0n) is 9.57. The molecule has 16 heavy (non-hydrogen) atoms. The first-order valence-electron chi connectivity index (χ1n) is 5.83. The van der Waals surface area contributed by atoms with Gasteiger partial charge in [0, 0.05) is 6.54 Å². The van der Waals surface area contributed by atoms with Gasteiger partial charge in [-0.2, -0.15) is 0 Å². The normalized spacial score (nSPS) is 21.7. The van der Waals surface area contributed by atoms with E-state index in [-0.39, 0.29) is 17.9 Å². The van der Waals surface area contributed by atoms with E-state index in [4.69, 9.17) is 0 Å². The Kier molecular flexibility index (Phi) is 3.57. The summed E-state index contributed by atoms with van der Waals surface area (Å²) in [6.07, 6.45) is 0.952. The van der Waals surface area contributed by atoms with E-state index in [0.717, 1.165) is 25.1 Å². The van der Waals surface area contributed by atoms with Gasteiger partial charge in [0.1, 0.15) is 0 Å². The first-order valence-corrected chi connectivity index (χ1v) is 5.83. The first kappa shape index (κ1) is 11.1. The lowest BCUT2D eigenvalue weighted by Crippen LogP contribution is -2.33. The molecule has 1 saturated heterocycles. The minimum atomic E-state index is 0.0919. The van der Waals surface area contributed by atoms with E-state index in [1.54, 1.807) is 0 Å². The van der Waals surface area contributed by atoms with Crippen molar-refractivity contribution in [3.05, 3.63) is 35.9 Å². The fraction of sp³-hybridized carbons (Fsp3) is 0.462. The van der Waals surface area contributed by atoms with Gasteiger partial charge in [-0.1, -0.05) is 30.3 Å². The Morgan fingerprint density at radius 3 is 2.81 bits per heavy atom. The van der Waals surface area contributed by atoms with Gasteiger partial charge in [0.05, 0.1) is 12.0 Å². The van der Waals surface area contributed by atoms with Gasteiger partial charge in [-0.15, -0.1) is 0 Å². The molecule has 1 aromatic rings. The highest BCUT2D eigenvalue weighted by molar-refractivity contribution is 5.79. The standard InChI is InChI=1S/C13H18N2O/c1-10(11-5-3-2-4-6-11)15-13(16)12-7-8-14-9-12/h2-6,10,12,14H,7-9H2,1H3,(H,15,16)/t10-,12?/m1/s1. The maximum absolute atomic E-state index is 11.9. The van der Waals surface area contributed by atoms with Gasteiger partial charge in [-0.05, 0) is 25.5 Å². The molecule has 1 fully saturated rings. The molecule has 1 aliphatic rings. The highest BCUT2D eigenvalue weighted by atomic mass is 16.2. The van der Waals surface area contributed by atoms with Crippen LogP contribution in [0.1, 0.15) is 24.9 Å². The highest BCUT2D eigenvalue weighted by Crippen LogP contribution is 2.14. The van der Waals surface area contributed by atoms with Crippen LogP contribution >= 0.6 is 0 Å². The molecule has 3 heteroatoms. The zero-order chi connectivity index (χ0) is 11.4. The average Bonchev–Trinajstić information content (AvgIpc) is 2.83. The number of carbonyl (C=O) groups is 1. The molecule has 2 rings (SSSR count). The number of carbonyl (C=O) groups excluding carboxylic acids is 1. The Morgan fingerprint density at radius 1 is 1.44 bits per heavy atom. The van der Waals surface area contributed by atoms with E-state index in [1.807, 2.05) is 37.3 Å². The van der Waals surface area contributed by atoms with Gasteiger partial charge < -0.3 is 10.6 Å². The molecular weight excluding hydrogens is 200 g/mol. The molecule has 1 aliphatic heterocycles. The molecule has 2 N–H and O–H groups in total. The van der Waals surface area contributed by atoms with Gasteiger partial charge in [0.15, 0.2) is 0 Å². The maximum Gasteiger partial charge on any atom is 0.224 e. The molecule has 2 atom stereocenters. The molecule has 0 bridgehead atoms. The van der Waals surface area contributed by atoms with Crippen LogP contribution in [0.5, 0.6) is 0 Å². The van der Waals surface area contributed by atoms with Crippen molar-refractivity contribution >= 4 is 5.91 Å². The van der Waals surface area contributed by atoms with E-state index in [0.29, 0.717) is 0 Å². The topological polar surface area (TPSA) is 41.1 Å². The fourth-order valence-corrected chi connectivity index (χ4v) is 2.03. The van der Waals surface area contributed by atoms with Gasteiger partial charge in [-0.3, -0.25) is 4.79 Å². The minimum absolute atomic E-state index is 0.0919. The molecule has 1 amide bonds. The molecule has 0 aromatic heterocycles. The Balaban J connectivity index is 1.92. The van der Waals surface area contributed by atoms with Crippen LogP contribution in [0.25, 0.3) is 0 Å². The smallest absolute Gasteiger partial charge is 0.224 e. The largest absolute Gasteiger partial charge is 0.349 e. The van der Waals surface area contributed by atoms with Crippen LogP contribution in [0.2, 0.25) is 0 Å². The Bertz CT molecular complexity index is 344. The van der Waals surface area contributed by atoms with Crippen molar-refractivity contribution in [3.8, 4) is 0 Å². The Hall–Kier alpha value is -1.35. The molecule has 1 heterocycles. The molecule has 0 aliphatic carbocycles. The van der Waals surface area contributed by atoms with Crippen LogP contribution in [0.15, 0.2) is 30.3 Å². The Labute approximate surface area is 96.2 Å². The summed E-state index contributed by atoms with van der Waals surface area (Å²) in [5, 5.41) is 6.26. The summed E-state index contributed by atoms with van der Waals surface area (Å²) in [6, 6.07) is 10.1. The van der Waals surface area contributed by atoms with Gasteiger partial charge in [0.2, 0.25) is 5.91 Å². The number of hydrogen-bond donors (Lipinski definition) is 2. The summed E-state index contributed by atoms with van der Waals surface area (Å²) in [5.41, 5.74) is 1.15. The van der Waals surface area contributed by atoms with Crippen molar-refractivity contribution in [2.75, 3.05) is 13.1 Å². The zero-order valence-corrected chi connectivity index (χ0v) is 9.57. The summed E-state index contributed by atoms with van der Waals surface area (Å²) in [6.45, 7) is 3.79. The number of amides is 1. The minimum Gasteiger partial charge on any atom is -0.349 e. The summed E-state index contributed by atoms with van der Waals surface area (Å²) in [4.78, 5) is 11.9. The van der Waals surface area contributed by atoms with Crippen LogP contribution in [-0.4, -0.2) is 19.0 Å². The Morgan fingerprint density at radius 2 is 2.19 bits per heavy atom. The van der Waals surface area contributed by atoms with E-state index in [1.165, 1.54) is 0 Å². The third-order valence-corrected chi connectivity index (χ3v) is 3.09. The number of benzene rings is 1. The molecule has 0 saturated carbocycles. The van der Waals surface area contributed by atoms with Gasteiger partial charge in [0.25, 0.3) is 0 Å². The van der Waals surface area contributed by atoms with Crippen LogP contribution in [-0.2, 0) is 4.79 Å². The lowest BCUT2D eigenvalue weighted by Gasteiger charge is -2.16. The van der Waals surface area contributed by atoms with Crippen molar-refractivity contribution < 1.29 is 4.79 Å². The van der Waals surface area contributed by atoms with Crippen molar-refractivity contribution in [3.63, 3.8) is 0 Å². The fourth-order valence-electron chi connectivity index (χ4n) is 2.03. The van der Waals surface area contributed by atoms with Crippen LogP contribution in [0.4, 0.5) is 0 Å². The summed E-state index contributed by atoms with van der Waals surface area (Å²) < 4.78 is 0. The van der Waals surface area contributed by atoms with Crippen LogP contribution in [0, 0.1) is 5.92 Å². The summed E-state index contributed by atoms with van der Waals surface area (Å²) in [5.74, 6) is 0.313. The van der Waals surface area contributed by atoms with Gasteiger partial charge in [-0.25, -0.2) is 0 Å². The molecule has 86 valence electrons. The van der Waals surface area contributed by atoms with Crippen molar-refractivity contribution in [2.45, 2.75) is 19.4 Å². The second kappa shape index (κ2) is 5.12. The SMILES string of the molecule is C[C@@H](NC(=O)C1CCNC1)c1ccccc1. The molecule has 3 nitrogen and oxygen atoms in total. The van der Waals surface area contributed by atoms with E-state index >= 15 is 0 Å². The summed E-state index contributed by atoms with van der Waals surface area (Å²) in [7, 11) is 0. The number of rotatable bonds is 3. The first-order chi connectivity index (χ1) is 7.77. The number of nitrogens with one attached hydrogen (secondary N) is 2. The summed E-state index contributed by atoms with van der Waals surface area (Å²) >= 11 is 0. The molecule has 1 aromatic carbocycles. The molecular formula is C13H18N2O.